The first-order chi connectivity index (χ1) is 10.3. The van der Waals surface area contributed by atoms with Crippen molar-refractivity contribution in [3.8, 4) is 5.75 Å². The molecule has 0 saturated heterocycles. The molecule has 1 aromatic heterocycles. The van der Waals surface area contributed by atoms with Crippen molar-refractivity contribution >= 4 is 11.8 Å². The van der Waals surface area contributed by atoms with Crippen LogP contribution in [-0.4, -0.2) is 26.4 Å². The highest BCUT2D eigenvalue weighted by Crippen LogP contribution is 2.27. The molecule has 6 nitrogen and oxygen atoms in total. The zero-order valence-corrected chi connectivity index (χ0v) is 12.1. The lowest BCUT2D eigenvalue weighted by atomic mass is 9.87. The van der Waals surface area contributed by atoms with E-state index in [0.717, 1.165) is 0 Å². The summed E-state index contributed by atoms with van der Waals surface area (Å²) >= 11 is 0. The van der Waals surface area contributed by atoms with E-state index in [9.17, 15) is 19.1 Å². The first-order valence-electron chi connectivity index (χ1n) is 6.50. The van der Waals surface area contributed by atoms with Gasteiger partial charge in [0.1, 0.15) is 17.0 Å². The van der Waals surface area contributed by atoms with Gasteiger partial charge in [0.2, 0.25) is 12.0 Å². The fraction of sp³-hybridized carbons (Fsp3) is 0.267. The molecule has 1 heterocycles. The number of hydrogen-bond acceptors (Lipinski definition) is 4. The van der Waals surface area contributed by atoms with Crippen LogP contribution >= 0.6 is 0 Å². The smallest absolute Gasteiger partial charge is 0.316 e. The highest BCUT2D eigenvalue weighted by Gasteiger charge is 2.42. The van der Waals surface area contributed by atoms with Crippen LogP contribution in [-0.2, 0) is 9.59 Å². The Labute approximate surface area is 126 Å². The lowest BCUT2D eigenvalue weighted by Gasteiger charge is -2.26. The molecule has 1 aromatic carbocycles. The SMILES string of the molecule is CC(C)(C(=O)O)C(=O)C(Oc1ccc(F)cc1)n1ccnc1. The number of imidazole rings is 1. The van der Waals surface area contributed by atoms with E-state index in [2.05, 4.69) is 4.98 Å². The van der Waals surface area contributed by atoms with Crippen LogP contribution < -0.4 is 4.74 Å². The number of halogens is 1. The van der Waals surface area contributed by atoms with Gasteiger partial charge in [-0.05, 0) is 38.1 Å². The minimum atomic E-state index is -1.64. The summed E-state index contributed by atoms with van der Waals surface area (Å²) in [6, 6.07) is 5.10. The third-order valence-corrected chi connectivity index (χ3v) is 3.23. The van der Waals surface area contributed by atoms with E-state index < -0.39 is 29.2 Å². The topological polar surface area (TPSA) is 81.4 Å². The summed E-state index contributed by atoms with van der Waals surface area (Å²) in [4.78, 5) is 27.7. The minimum Gasteiger partial charge on any atom is -0.481 e. The third kappa shape index (κ3) is 3.13. The molecule has 0 spiro atoms. The standard InChI is InChI=1S/C15H15FN2O4/c1-15(2,14(20)21)12(19)13(18-8-7-17-9-18)22-11-5-3-10(16)4-6-11/h3-9,13H,1-2H3,(H,20,21). The molecular weight excluding hydrogens is 291 g/mol. The van der Waals surface area contributed by atoms with Gasteiger partial charge in [0.15, 0.2) is 0 Å². The number of carboxylic acid groups (broad SMARTS) is 1. The predicted molar refractivity (Wildman–Crippen MR) is 74.7 cm³/mol. The van der Waals surface area contributed by atoms with Gasteiger partial charge in [0, 0.05) is 12.4 Å². The first kappa shape index (κ1) is 15.7. The molecule has 1 N–H and O–H groups in total. The average molecular weight is 306 g/mol. The third-order valence-electron chi connectivity index (χ3n) is 3.23. The predicted octanol–water partition coefficient (Wildman–Crippen LogP) is 2.28. The molecule has 0 aliphatic rings. The van der Waals surface area contributed by atoms with E-state index in [1.165, 1.54) is 61.4 Å². The van der Waals surface area contributed by atoms with Crippen LogP contribution in [0, 0.1) is 11.2 Å². The van der Waals surface area contributed by atoms with Crippen molar-refractivity contribution in [1.82, 2.24) is 9.55 Å². The van der Waals surface area contributed by atoms with Crippen LogP contribution in [0.15, 0.2) is 43.0 Å². The summed E-state index contributed by atoms with van der Waals surface area (Å²) in [7, 11) is 0. The zero-order valence-electron chi connectivity index (χ0n) is 12.1. The minimum absolute atomic E-state index is 0.245. The number of Topliss-reactive ketones (excluding diaryl/α,β-unsaturated/α-hetero) is 1. The maximum atomic E-state index is 12.9. The molecule has 0 fully saturated rings. The Hall–Kier alpha value is -2.70. The van der Waals surface area contributed by atoms with Crippen molar-refractivity contribution in [1.29, 1.82) is 0 Å². The van der Waals surface area contributed by atoms with E-state index in [1.807, 2.05) is 0 Å². The molecule has 0 radical (unpaired) electrons. The van der Waals surface area contributed by atoms with Gasteiger partial charge in [0.25, 0.3) is 0 Å². The molecular formula is C15H15FN2O4. The number of ketones is 1. The number of benzene rings is 1. The van der Waals surface area contributed by atoms with Gasteiger partial charge in [-0.25, -0.2) is 9.37 Å². The molecule has 0 amide bonds. The van der Waals surface area contributed by atoms with Crippen LogP contribution in [0.3, 0.4) is 0 Å². The lowest BCUT2D eigenvalue weighted by Crippen LogP contribution is -2.40. The van der Waals surface area contributed by atoms with Gasteiger partial charge in [-0.3, -0.25) is 14.2 Å². The molecule has 7 heteroatoms. The Morgan fingerprint density at radius 2 is 1.95 bits per heavy atom. The Bertz CT molecular complexity index is 665. The zero-order chi connectivity index (χ0) is 16.3. The van der Waals surface area contributed by atoms with Crippen LogP contribution in [0.2, 0.25) is 0 Å². The summed E-state index contributed by atoms with van der Waals surface area (Å²) in [6.45, 7) is 2.60. The summed E-state index contributed by atoms with van der Waals surface area (Å²) in [5.74, 6) is -2.11. The highest BCUT2D eigenvalue weighted by atomic mass is 19.1. The molecule has 2 rings (SSSR count). The van der Waals surface area contributed by atoms with Crippen LogP contribution in [0.1, 0.15) is 20.1 Å². The van der Waals surface area contributed by atoms with Crippen molar-refractivity contribution in [3.63, 3.8) is 0 Å². The summed E-state index contributed by atoms with van der Waals surface area (Å²) < 4.78 is 19.8. The Morgan fingerprint density at radius 3 is 2.45 bits per heavy atom. The molecule has 1 atom stereocenters. The lowest BCUT2D eigenvalue weighted by molar-refractivity contribution is -0.157. The number of carbonyl (C=O) groups is 2. The van der Waals surface area contributed by atoms with E-state index in [1.54, 1.807) is 0 Å². The summed E-state index contributed by atoms with van der Waals surface area (Å²) in [5.41, 5.74) is -1.64. The summed E-state index contributed by atoms with van der Waals surface area (Å²) in [5, 5.41) is 9.21. The van der Waals surface area contributed by atoms with Crippen molar-refractivity contribution < 1.29 is 23.8 Å². The number of hydrogen-bond donors (Lipinski definition) is 1. The van der Waals surface area contributed by atoms with Gasteiger partial charge in [-0.1, -0.05) is 0 Å². The molecule has 2 aromatic rings. The van der Waals surface area contributed by atoms with Crippen molar-refractivity contribution in [2.75, 3.05) is 0 Å². The largest absolute Gasteiger partial charge is 0.481 e. The van der Waals surface area contributed by atoms with Crippen molar-refractivity contribution in [2.24, 2.45) is 5.41 Å². The maximum Gasteiger partial charge on any atom is 0.316 e. The first-order valence-corrected chi connectivity index (χ1v) is 6.50. The second kappa shape index (κ2) is 5.97. The van der Waals surface area contributed by atoms with Gasteiger partial charge < -0.3 is 9.84 Å². The molecule has 116 valence electrons. The Balaban J connectivity index is 2.34. The second-order valence-corrected chi connectivity index (χ2v) is 5.23. The van der Waals surface area contributed by atoms with Crippen LogP contribution in [0.4, 0.5) is 4.39 Å². The number of carbonyl (C=O) groups excluding carboxylic acids is 1. The van der Waals surface area contributed by atoms with Gasteiger partial charge in [0.05, 0.1) is 6.33 Å². The van der Waals surface area contributed by atoms with Gasteiger partial charge in [-0.2, -0.15) is 0 Å². The van der Waals surface area contributed by atoms with E-state index in [0.29, 0.717) is 0 Å². The number of aliphatic carboxylic acids is 1. The van der Waals surface area contributed by atoms with E-state index in [4.69, 9.17) is 4.74 Å². The fourth-order valence-corrected chi connectivity index (χ4v) is 1.71. The van der Waals surface area contributed by atoms with E-state index >= 15 is 0 Å². The Kier molecular flexibility index (Phi) is 4.25. The van der Waals surface area contributed by atoms with E-state index in [-0.39, 0.29) is 5.75 Å². The quantitative estimate of drug-likeness (QED) is 0.828. The van der Waals surface area contributed by atoms with Crippen LogP contribution in [0.25, 0.3) is 0 Å². The molecule has 22 heavy (non-hydrogen) atoms. The number of carboxylic acids is 1. The molecule has 0 aliphatic carbocycles. The molecule has 0 saturated carbocycles. The molecule has 1 unspecified atom stereocenters. The molecule has 0 bridgehead atoms. The Morgan fingerprint density at radius 1 is 1.32 bits per heavy atom. The fourth-order valence-electron chi connectivity index (χ4n) is 1.71. The van der Waals surface area contributed by atoms with Gasteiger partial charge >= 0.3 is 5.97 Å². The number of rotatable bonds is 6. The molecule has 0 aliphatic heterocycles. The van der Waals surface area contributed by atoms with Gasteiger partial charge in [-0.15, -0.1) is 0 Å². The highest BCUT2D eigenvalue weighted by molar-refractivity contribution is 6.03. The van der Waals surface area contributed by atoms with Crippen molar-refractivity contribution in [2.45, 2.75) is 20.1 Å². The summed E-state index contributed by atoms with van der Waals surface area (Å²) in [6.07, 6.45) is 3.08. The number of aromatic nitrogens is 2. The average Bonchev–Trinajstić information content (AvgIpc) is 2.99. The number of nitrogens with zero attached hydrogens (tertiary/aromatic N) is 2. The van der Waals surface area contributed by atoms with Crippen molar-refractivity contribution in [3.05, 3.63) is 48.8 Å². The van der Waals surface area contributed by atoms with Crippen LogP contribution in [0.5, 0.6) is 5.75 Å². The number of ether oxygens (including phenoxy) is 1. The maximum absolute atomic E-state index is 12.9. The second-order valence-electron chi connectivity index (χ2n) is 5.23. The monoisotopic (exact) mass is 306 g/mol. The normalized spacial score (nSPS) is 12.7.